The second kappa shape index (κ2) is 4.12. The number of amides is 2. The highest BCUT2D eigenvalue weighted by Gasteiger charge is 2.29. The van der Waals surface area contributed by atoms with Crippen molar-refractivity contribution in [2.24, 2.45) is 7.05 Å². The van der Waals surface area contributed by atoms with Crippen molar-refractivity contribution in [3.63, 3.8) is 0 Å². The van der Waals surface area contributed by atoms with E-state index in [0.717, 1.165) is 16.5 Å². The van der Waals surface area contributed by atoms with Crippen LogP contribution in [-0.2, 0) is 16.6 Å². The van der Waals surface area contributed by atoms with E-state index in [1.165, 1.54) is 0 Å². The van der Waals surface area contributed by atoms with Crippen molar-refractivity contribution in [2.75, 3.05) is 5.73 Å². The second-order valence-corrected chi connectivity index (χ2v) is 4.97. The van der Waals surface area contributed by atoms with Crippen molar-refractivity contribution in [1.29, 1.82) is 0 Å². The van der Waals surface area contributed by atoms with Gasteiger partial charge in [0.1, 0.15) is 0 Å². The lowest BCUT2D eigenvalue weighted by atomic mass is 9.88. The van der Waals surface area contributed by atoms with Crippen LogP contribution in [0.4, 0.5) is 5.69 Å². The lowest BCUT2D eigenvalue weighted by molar-refractivity contribution is -0.134. The average molecular weight is 257 g/mol. The van der Waals surface area contributed by atoms with Crippen LogP contribution in [0, 0.1) is 0 Å². The maximum Gasteiger partial charge on any atom is 0.234 e. The van der Waals surface area contributed by atoms with Crippen molar-refractivity contribution in [1.82, 2.24) is 9.88 Å². The maximum absolute atomic E-state index is 12.0. The van der Waals surface area contributed by atoms with Crippen LogP contribution in [0.2, 0.25) is 0 Å². The molecule has 1 saturated heterocycles. The van der Waals surface area contributed by atoms with Crippen molar-refractivity contribution < 1.29 is 9.59 Å². The monoisotopic (exact) mass is 257 g/mol. The third kappa shape index (κ3) is 1.87. The van der Waals surface area contributed by atoms with Crippen molar-refractivity contribution >= 4 is 28.4 Å². The smallest absolute Gasteiger partial charge is 0.234 e. The fourth-order valence-corrected chi connectivity index (χ4v) is 2.70. The number of nitrogen functional groups attached to an aromatic ring is 1. The minimum atomic E-state index is -0.300. The zero-order chi connectivity index (χ0) is 13.6. The van der Waals surface area contributed by atoms with Crippen LogP contribution in [-0.4, -0.2) is 16.4 Å². The highest BCUT2D eigenvalue weighted by atomic mass is 16.2. The molecule has 1 aromatic heterocycles. The second-order valence-electron chi connectivity index (χ2n) is 4.97. The number of carbonyl (C=O) groups is 2. The molecule has 0 spiro atoms. The largest absolute Gasteiger partial charge is 0.399 e. The number of hydrogen-bond acceptors (Lipinski definition) is 3. The van der Waals surface area contributed by atoms with E-state index in [9.17, 15) is 9.59 Å². The fraction of sp³-hybridized carbons (Fsp3) is 0.286. The van der Waals surface area contributed by atoms with E-state index in [4.69, 9.17) is 5.73 Å². The Morgan fingerprint density at radius 3 is 2.89 bits per heavy atom. The van der Waals surface area contributed by atoms with Gasteiger partial charge in [0.2, 0.25) is 11.8 Å². The van der Waals surface area contributed by atoms with Crippen LogP contribution < -0.4 is 11.1 Å². The summed E-state index contributed by atoms with van der Waals surface area (Å²) in [6.45, 7) is 0. The van der Waals surface area contributed by atoms with Gasteiger partial charge in [-0.3, -0.25) is 14.9 Å². The number of nitrogens with one attached hydrogen (secondary N) is 1. The molecule has 1 aromatic carbocycles. The van der Waals surface area contributed by atoms with E-state index in [0.29, 0.717) is 18.5 Å². The normalized spacial score (nSPS) is 19.7. The summed E-state index contributed by atoms with van der Waals surface area (Å²) in [6, 6.07) is 5.71. The molecule has 0 radical (unpaired) electrons. The summed E-state index contributed by atoms with van der Waals surface area (Å²) in [5, 5.41) is 3.41. The molecule has 5 heteroatoms. The van der Waals surface area contributed by atoms with Gasteiger partial charge in [-0.1, -0.05) is 0 Å². The summed E-state index contributed by atoms with van der Waals surface area (Å²) in [5.74, 6) is -0.729. The van der Waals surface area contributed by atoms with Gasteiger partial charge in [0.05, 0.1) is 11.4 Å². The molecule has 0 bridgehead atoms. The number of aryl methyl sites for hydroxylation is 1. The van der Waals surface area contributed by atoms with Gasteiger partial charge in [-0.2, -0.15) is 0 Å². The minimum absolute atomic E-state index is 0.200. The Labute approximate surface area is 110 Å². The molecule has 98 valence electrons. The van der Waals surface area contributed by atoms with Gasteiger partial charge in [0, 0.05) is 30.7 Å². The number of nitrogens with zero attached hydrogens (tertiary/aromatic N) is 1. The number of hydrogen-bond donors (Lipinski definition) is 2. The van der Waals surface area contributed by atoms with E-state index in [2.05, 4.69) is 5.32 Å². The van der Waals surface area contributed by atoms with Crippen molar-refractivity contribution in [3.05, 3.63) is 30.0 Å². The number of anilines is 1. The van der Waals surface area contributed by atoms with Crippen molar-refractivity contribution in [3.8, 4) is 0 Å². The van der Waals surface area contributed by atoms with Crippen LogP contribution in [0.25, 0.3) is 10.9 Å². The topological polar surface area (TPSA) is 77.1 Å². The molecule has 0 saturated carbocycles. The molecule has 1 fully saturated rings. The van der Waals surface area contributed by atoms with E-state index < -0.39 is 0 Å². The van der Waals surface area contributed by atoms with Gasteiger partial charge in [-0.25, -0.2) is 0 Å². The molecule has 0 aliphatic carbocycles. The number of benzene rings is 1. The first-order chi connectivity index (χ1) is 9.06. The zero-order valence-corrected chi connectivity index (χ0v) is 10.6. The van der Waals surface area contributed by atoms with E-state index >= 15 is 0 Å². The third-order valence-electron chi connectivity index (χ3n) is 3.67. The van der Waals surface area contributed by atoms with Gasteiger partial charge in [0.15, 0.2) is 0 Å². The zero-order valence-electron chi connectivity index (χ0n) is 10.6. The molecule has 3 rings (SSSR count). The fourth-order valence-electron chi connectivity index (χ4n) is 2.70. The van der Waals surface area contributed by atoms with E-state index in [1.54, 1.807) is 0 Å². The van der Waals surface area contributed by atoms with E-state index in [-0.39, 0.29) is 17.7 Å². The van der Waals surface area contributed by atoms with E-state index in [1.807, 2.05) is 36.0 Å². The first-order valence-electron chi connectivity index (χ1n) is 6.24. The average Bonchev–Trinajstić information content (AvgIpc) is 2.71. The molecule has 2 amide bonds. The van der Waals surface area contributed by atoms with Gasteiger partial charge in [-0.05, 0) is 30.2 Å². The lowest BCUT2D eigenvalue weighted by Crippen LogP contribution is -2.39. The summed E-state index contributed by atoms with van der Waals surface area (Å²) in [6.07, 6.45) is 2.86. The highest BCUT2D eigenvalue weighted by molar-refractivity contribution is 6.03. The SMILES string of the molecule is Cn1ccc2c(C3CCC(=O)NC3=O)cc(N)cc21. The predicted octanol–water partition coefficient (Wildman–Crippen LogP) is 1.28. The Kier molecular flexibility index (Phi) is 2.55. The number of imide groups is 1. The first-order valence-corrected chi connectivity index (χ1v) is 6.24. The molecule has 1 unspecified atom stereocenters. The first kappa shape index (κ1) is 11.8. The molecule has 3 N–H and O–H groups in total. The summed E-state index contributed by atoms with van der Waals surface area (Å²) >= 11 is 0. The third-order valence-corrected chi connectivity index (χ3v) is 3.67. The number of rotatable bonds is 1. The maximum atomic E-state index is 12.0. The predicted molar refractivity (Wildman–Crippen MR) is 72.5 cm³/mol. The lowest BCUT2D eigenvalue weighted by Gasteiger charge is -2.22. The van der Waals surface area contributed by atoms with Gasteiger partial charge in [0.25, 0.3) is 0 Å². The van der Waals surface area contributed by atoms with Gasteiger partial charge in [-0.15, -0.1) is 0 Å². The Bertz CT molecular complexity index is 687. The summed E-state index contributed by atoms with van der Waals surface area (Å²) in [7, 11) is 1.94. The van der Waals surface area contributed by atoms with Crippen LogP contribution >= 0.6 is 0 Å². The van der Waals surface area contributed by atoms with Gasteiger partial charge >= 0.3 is 0 Å². The standard InChI is InChI=1S/C14H15N3O2/c1-17-5-4-9-11(6-8(15)7-12(9)17)10-2-3-13(18)16-14(10)19/h4-7,10H,2-3,15H2,1H3,(H,16,18,19). The summed E-state index contributed by atoms with van der Waals surface area (Å²) < 4.78 is 1.97. The molecular formula is C14H15N3O2. The molecular weight excluding hydrogens is 242 g/mol. The van der Waals surface area contributed by atoms with Crippen LogP contribution in [0.3, 0.4) is 0 Å². The summed E-state index contributed by atoms with van der Waals surface area (Å²) in [4.78, 5) is 23.2. The number of fused-ring (bicyclic) bond motifs is 1. The molecule has 1 aliphatic heterocycles. The number of nitrogens with two attached hydrogens (primary N) is 1. The number of piperidine rings is 1. The molecule has 2 aromatic rings. The Balaban J connectivity index is 2.14. The van der Waals surface area contributed by atoms with Crippen molar-refractivity contribution in [2.45, 2.75) is 18.8 Å². The molecule has 5 nitrogen and oxygen atoms in total. The molecule has 1 aliphatic rings. The van der Waals surface area contributed by atoms with Crippen LogP contribution in [0.1, 0.15) is 24.3 Å². The number of carbonyl (C=O) groups excluding carboxylic acids is 2. The van der Waals surface area contributed by atoms with Gasteiger partial charge < -0.3 is 10.3 Å². The Hall–Kier alpha value is -2.30. The number of aromatic nitrogens is 1. The minimum Gasteiger partial charge on any atom is -0.399 e. The highest BCUT2D eigenvalue weighted by Crippen LogP contribution is 2.33. The molecule has 1 atom stereocenters. The Morgan fingerprint density at radius 2 is 2.16 bits per heavy atom. The molecule has 2 heterocycles. The Morgan fingerprint density at radius 1 is 1.37 bits per heavy atom. The summed E-state index contributed by atoms with van der Waals surface area (Å²) in [5.41, 5.74) is 8.46. The molecule has 19 heavy (non-hydrogen) atoms. The van der Waals surface area contributed by atoms with Crippen LogP contribution in [0.15, 0.2) is 24.4 Å². The van der Waals surface area contributed by atoms with Crippen LogP contribution in [0.5, 0.6) is 0 Å². The quantitative estimate of drug-likeness (QED) is 0.597.